The van der Waals surface area contributed by atoms with Gasteiger partial charge >= 0.3 is 0 Å². The van der Waals surface area contributed by atoms with Crippen molar-refractivity contribution in [1.29, 1.82) is 0 Å². The molecule has 174 valence electrons. The van der Waals surface area contributed by atoms with Gasteiger partial charge in [0.2, 0.25) is 5.91 Å². The fraction of sp³-hybridized carbons (Fsp3) is 0.192. The molecule has 2 aromatic carbocycles. The predicted octanol–water partition coefficient (Wildman–Crippen LogP) is 5.98. The van der Waals surface area contributed by atoms with Crippen LogP contribution >= 0.6 is 23.4 Å². The average Bonchev–Trinajstić information content (AvgIpc) is 3.24. The molecule has 0 atom stereocenters. The summed E-state index contributed by atoms with van der Waals surface area (Å²) in [6.07, 6.45) is 2.61. The zero-order chi connectivity index (χ0) is 24.4. The van der Waals surface area contributed by atoms with Gasteiger partial charge in [0.1, 0.15) is 6.54 Å². The minimum Gasteiger partial charge on any atom is -0.325 e. The Kier molecular flexibility index (Phi) is 6.95. The second-order valence-electron chi connectivity index (χ2n) is 8.00. The van der Waals surface area contributed by atoms with E-state index in [1.165, 1.54) is 0 Å². The minimum atomic E-state index is -0.470. The number of hydrogen-bond donors (Lipinski definition) is 1. The summed E-state index contributed by atoms with van der Waals surface area (Å²) < 4.78 is 2.06. The van der Waals surface area contributed by atoms with Crippen molar-refractivity contribution >= 4 is 52.2 Å². The topological polar surface area (TPSA) is 71.4 Å². The Bertz CT molecular complexity index is 1290. The molecule has 2 heterocycles. The van der Waals surface area contributed by atoms with Crippen molar-refractivity contribution in [2.75, 3.05) is 11.9 Å². The first kappa shape index (κ1) is 23.9. The van der Waals surface area contributed by atoms with Crippen LogP contribution in [-0.4, -0.2) is 33.1 Å². The molecule has 0 radical (unpaired) electrons. The molecule has 1 saturated heterocycles. The maximum absolute atomic E-state index is 12.9. The van der Waals surface area contributed by atoms with Gasteiger partial charge in [-0.05, 0) is 91.7 Å². The number of halogens is 1. The number of rotatable bonds is 6. The smallest absolute Gasteiger partial charge is 0.294 e. The highest BCUT2D eigenvalue weighted by Crippen LogP contribution is 2.33. The quantitative estimate of drug-likeness (QED) is 0.428. The molecule has 0 unspecified atom stereocenters. The predicted molar refractivity (Wildman–Crippen MR) is 137 cm³/mol. The third-order valence-corrected chi connectivity index (χ3v) is 6.82. The largest absolute Gasteiger partial charge is 0.325 e. The summed E-state index contributed by atoms with van der Waals surface area (Å²) in [7, 11) is 0. The van der Waals surface area contributed by atoms with Crippen LogP contribution in [0.15, 0.2) is 59.5 Å². The summed E-state index contributed by atoms with van der Waals surface area (Å²) in [5.41, 5.74) is 5.48. The van der Waals surface area contributed by atoms with Crippen LogP contribution in [0, 0.1) is 13.8 Å². The Morgan fingerprint density at radius 2 is 1.74 bits per heavy atom. The molecule has 0 saturated carbocycles. The first-order valence-corrected chi connectivity index (χ1v) is 12.0. The summed E-state index contributed by atoms with van der Waals surface area (Å²) in [5, 5.41) is 2.94. The summed E-state index contributed by atoms with van der Waals surface area (Å²) in [6, 6.07) is 16.9. The number of hydrogen-bond acceptors (Lipinski definition) is 4. The van der Waals surface area contributed by atoms with Gasteiger partial charge in [-0.2, -0.15) is 0 Å². The van der Waals surface area contributed by atoms with Gasteiger partial charge in [0.15, 0.2) is 0 Å². The first-order chi connectivity index (χ1) is 16.3. The SMILES string of the molecule is CCc1ccc(NC(=O)CN2C(=O)S/C(=C/c3cc(C)n(-c4ccc(Cl)cc4)c3C)C2=O)cc1. The van der Waals surface area contributed by atoms with E-state index >= 15 is 0 Å². The zero-order valence-electron chi connectivity index (χ0n) is 19.1. The molecule has 3 amide bonds. The monoisotopic (exact) mass is 493 g/mol. The molecule has 0 spiro atoms. The van der Waals surface area contributed by atoms with Crippen LogP contribution in [-0.2, 0) is 16.0 Å². The van der Waals surface area contributed by atoms with Crippen molar-refractivity contribution in [1.82, 2.24) is 9.47 Å². The van der Waals surface area contributed by atoms with Crippen LogP contribution in [0.4, 0.5) is 10.5 Å². The fourth-order valence-corrected chi connectivity index (χ4v) is 4.82. The Labute approximate surface area is 207 Å². The van der Waals surface area contributed by atoms with E-state index in [9.17, 15) is 14.4 Å². The molecule has 0 bridgehead atoms. The lowest BCUT2D eigenvalue weighted by molar-refractivity contribution is -0.127. The van der Waals surface area contributed by atoms with Gasteiger partial charge in [0.25, 0.3) is 11.1 Å². The van der Waals surface area contributed by atoms with E-state index < -0.39 is 17.1 Å². The number of anilines is 1. The first-order valence-electron chi connectivity index (χ1n) is 10.9. The lowest BCUT2D eigenvalue weighted by Gasteiger charge is -2.12. The van der Waals surface area contributed by atoms with E-state index in [0.717, 1.165) is 51.3 Å². The number of nitrogens with one attached hydrogen (secondary N) is 1. The second kappa shape index (κ2) is 9.91. The van der Waals surface area contributed by atoms with Gasteiger partial charge < -0.3 is 9.88 Å². The molecule has 1 N–H and O–H groups in total. The van der Waals surface area contributed by atoms with Gasteiger partial charge in [0, 0.05) is 27.8 Å². The standard InChI is InChI=1S/C26H24ClN3O3S/c1-4-18-5-9-21(10-6-18)28-24(31)15-29-25(32)23(34-26(29)33)14-19-13-16(2)30(17(19)3)22-11-7-20(27)8-12-22/h5-14H,4,15H2,1-3H3,(H,28,31)/b23-14+. The van der Waals surface area contributed by atoms with E-state index in [2.05, 4.69) is 16.8 Å². The minimum absolute atomic E-state index is 0.293. The van der Waals surface area contributed by atoms with Gasteiger partial charge in [0.05, 0.1) is 4.91 Å². The van der Waals surface area contributed by atoms with Crippen LogP contribution in [0.25, 0.3) is 11.8 Å². The summed E-state index contributed by atoms with van der Waals surface area (Å²) in [4.78, 5) is 39.1. The molecule has 1 fully saturated rings. The van der Waals surface area contributed by atoms with Gasteiger partial charge in [-0.25, -0.2) is 0 Å². The Morgan fingerprint density at radius 1 is 1.06 bits per heavy atom. The average molecular weight is 494 g/mol. The number of nitrogens with zero attached hydrogens (tertiary/aromatic N) is 2. The molecule has 8 heteroatoms. The van der Waals surface area contributed by atoms with Crippen LogP contribution < -0.4 is 5.32 Å². The van der Waals surface area contributed by atoms with Gasteiger partial charge in [-0.1, -0.05) is 30.7 Å². The third kappa shape index (κ3) is 4.95. The Morgan fingerprint density at radius 3 is 2.38 bits per heavy atom. The number of thioether (sulfide) groups is 1. The van der Waals surface area contributed by atoms with Crippen LogP contribution in [0.3, 0.4) is 0 Å². The fourth-order valence-electron chi connectivity index (χ4n) is 3.87. The van der Waals surface area contributed by atoms with Crippen molar-refractivity contribution in [2.24, 2.45) is 0 Å². The second-order valence-corrected chi connectivity index (χ2v) is 9.43. The van der Waals surface area contributed by atoms with Crippen molar-refractivity contribution < 1.29 is 14.4 Å². The highest BCUT2D eigenvalue weighted by Gasteiger charge is 2.36. The van der Waals surface area contributed by atoms with E-state index in [0.29, 0.717) is 15.6 Å². The van der Waals surface area contributed by atoms with E-state index in [1.54, 1.807) is 18.2 Å². The number of benzene rings is 2. The van der Waals surface area contributed by atoms with Crippen molar-refractivity contribution in [3.63, 3.8) is 0 Å². The molecule has 34 heavy (non-hydrogen) atoms. The number of aryl methyl sites for hydroxylation is 2. The van der Waals surface area contributed by atoms with Crippen LogP contribution in [0.1, 0.15) is 29.4 Å². The molecule has 6 nitrogen and oxygen atoms in total. The summed E-state index contributed by atoms with van der Waals surface area (Å²) in [6.45, 7) is 5.65. The van der Waals surface area contributed by atoms with E-state index in [-0.39, 0.29) is 6.54 Å². The number of carbonyl (C=O) groups excluding carboxylic acids is 3. The van der Waals surface area contributed by atoms with E-state index in [4.69, 9.17) is 11.6 Å². The molecule has 4 rings (SSSR count). The lowest BCUT2D eigenvalue weighted by Crippen LogP contribution is -2.36. The van der Waals surface area contributed by atoms with Gasteiger partial charge in [-0.3, -0.25) is 19.3 Å². The highest BCUT2D eigenvalue weighted by molar-refractivity contribution is 8.18. The van der Waals surface area contributed by atoms with E-state index in [1.807, 2.05) is 56.3 Å². The van der Waals surface area contributed by atoms with Crippen molar-refractivity contribution in [3.8, 4) is 5.69 Å². The molecular weight excluding hydrogens is 470 g/mol. The van der Waals surface area contributed by atoms with Crippen LogP contribution in [0.2, 0.25) is 5.02 Å². The molecule has 1 aliphatic rings. The van der Waals surface area contributed by atoms with Crippen molar-refractivity contribution in [2.45, 2.75) is 27.2 Å². The lowest BCUT2D eigenvalue weighted by atomic mass is 10.1. The Balaban J connectivity index is 1.50. The molecule has 1 aliphatic heterocycles. The molecule has 1 aromatic heterocycles. The summed E-state index contributed by atoms with van der Waals surface area (Å²) >= 11 is 6.85. The number of imide groups is 1. The third-order valence-electron chi connectivity index (χ3n) is 5.66. The number of carbonyl (C=O) groups is 3. The van der Waals surface area contributed by atoms with Gasteiger partial charge in [-0.15, -0.1) is 0 Å². The molecule has 0 aliphatic carbocycles. The van der Waals surface area contributed by atoms with Crippen molar-refractivity contribution in [3.05, 3.63) is 87.0 Å². The zero-order valence-corrected chi connectivity index (χ0v) is 20.7. The molecular formula is C26H24ClN3O3S. The Hall–Kier alpha value is -3.29. The normalized spacial score (nSPS) is 14.8. The van der Waals surface area contributed by atoms with Crippen LogP contribution in [0.5, 0.6) is 0 Å². The maximum Gasteiger partial charge on any atom is 0.294 e. The number of aromatic nitrogens is 1. The molecule has 3 aromatic rings. The highest BCUT2D eigenvalue weighted by atomic mass is 35.5. The maximum atomic E-state index is 12.9. The number of amides is 3. The summed E-state index contributed by atoms with van der Waals surface area (Å²) in [5.74, 6) is -0.892.